The second-order valence-corrected chi connectivity index (χ2v) is 29.1. The summed E-state index contributed by atoms with van der Waals surface area (Å²) in [6.07, 6.45) is 14.0. The van der Waals surface area contributed by atoms with E-state index in [0.29, 0.717) is 5.71 Å². The van der Waals surface area contributed by atoms with Crippen LogP contribution in [0.15, 0.2) is 260 Å². The van der Waals surface area contributed by atoms with E-state index in [4.69, 9.17) is 27.1 Å². The first-order chi connectivity index (χ1) is 53.7. The molecule has 15 aromatic heterocycles. The van der Waals surface area contributed by atoms with Gasteiger partial charge in [-0.15, -0.1) is 0 Å². The minimum Gasteiger partial charge on any atom is -0.455 e. The van der Waals surface area contributed by atoms with Crippen molar-refractivity contribution in [3.63, 3.8) is 0 Å². The molecule has 0 aliphatic heterocycles. The Bertz CT molecular complexity index is 6910. The third-order valence-corrected chi connectivity index (χ3v) is 21.2. The van der Waals surface area contributed by atoms with Crippen molar-refractivity contribution in [3.8, 4) is 56.3 Å². The van der Waals surface area contributed by atoms with Crippen molar-refractivity contribution in [3.05, 3.63) is 299 Å². The van der Waals surface area contributed by atoms with Gasteiger partial charge in [0.25, 0.3) is 0 Å². The molecule has 5 aromatic carbocycles. The summed E-state index contributed by atoms with van der Waals surface area (Å²) >= 11 is 0. The van der Waals surface area contributed by atoms with Crippen molar-refractivity contribution in [2.24, 2.45) is 35.2 Å². The molecule has 0 amide bonds. The summed E-state index contributed by atoms with van der Waals surface area (Å²) in [5.74, 6) is 0. The van der Waals surface area contributed by atoms with E-state index < -0.39 is 0 Å². The smallest absolute Gasteiger partial charge is 0.227 e. The van der Waals surface area contributed by atoms with Crippen LogP contribution in [0.2, 0.25) is 0 Å². The van der Waals surface area contributed by atoms with Crippen molar-refractivity contribution in [2.45, 2.75) is 76.2 Å². The zero-order chi connectivity index (χ0) is 77.2. The molecule has 0 unspecified atom stereocenters. The lowest BCUT2D eigenvalue weighted by atomic mass is 10.0. The number of hydrogen-bond acceptors (Lipinski definition) is 10. The molecule has 0 aliphatic carbocycles. The van der Waals surface area contributed by atoms with Crippen LogP contribution < -0.4 is 22.8 Å². The minimum atomic E-state index is 0.710. The molecular weight excluding hydrogens is 1370 g/mol. The molecule has 111 heavy (non-hydrogen) atoms. The molecule has 20 aromatic rings. The lowest BCUT2D eigenvalue weighted by Gasteiger charge is -2.06. The Labute approximate surface area is 643 Å². The topological polar surface area (TPSA) is 150 Å². The fourth-order valence-corrected chi connectivity index (χ4v) is 15.6. The summed E-state index contributed by atoms with van der Waals surface area (Å²) in [5, 5.41) is 10.0. The van der Waals surface area contributed by atoms with E-state index in [0.717, 1.165) is 195 Å². The standard InChI is InChI=1S/C20H19N2O.4C19H17N2O/c1-12-5-10-17(22(4)11-12)18-13(2)6-8-15-16-9-7-14(3)21-20(16)23-19(15)18;1-12-17-14-8-4-5-10-16(14)22-19(17)18(13(2)20-12)15-9-6-7-11-21(15)3;1-12-7-9-14-18-16(10-8-13(2)20-18)22-19(14)17(12)15-6-4-5-11-21(15)3;1-12-7-8-14-18-13(2)20-10-9-16(18)22-19(14)17(12)15-6-4-5-11-21(15)3;1-12-7-8-14-15-10-13(2)20-11-17(15)22-19(14)18(12)16-6-4-5-9-21(16)3/h5-11H,1-4H3;4*4-11H,1-3H3/q5*+1. The molecule has 20 rings (SSSR count). The van der Waals surface area contributed by atoms with Crippen LogP contribution in [0.3, 0.4) is 0 Å². The second-order valence-electron chi connectivity index (χ2n) is 29.1. The molecule has 546 valence electrons. The average molecular weight is 1460 g/mol. The van der Waals surface area contributed by atoms with Gasteiger partial charge >= 0.3 is 0 Å². The lowest BCUT2D eigenvalue weighted by Crippen LogP contribution is -2.31. The second kappa shape index (κ2) is 29.3. The molecular formula is C96H87N10O5+5. The van der Waals surface area contributed by atoms with Gasteiger partial charge < -0.3 is 22.1 Å². The lowest BCUT2D eigenvalue weighted by molar-refractivity contribution is -0.660. The minimum absolute atomic E-state index is 0.710. The maximum Gasteiger partial charge on any atom is 0.227 e. The number of fused-ring (bicyclic) bond motifs is 15. The number of benzene rings is 5. The first-order valence-corrected chi connectivity index (χ1v) is 37.4. The molecule has 0 N–H and O–H groups in total. The summed E-state index contributed by atoms with van der Waals surface area (Å²) in [4.78, 5) is 22.7. The van der Waals surface area contributed by atoms with E-state index >= 15 is 0 Å². The number of rotatable bonds is 5. The third-order valence-electron chi connectivity index (χ3n) is 21.2. The van der Waals surface area contributed by atoms with E-state index in [2.05, 4.69) is 252 Å². The molecule has 0 saturated carbocycles. The van der Waals surface area contributed by atoms with Crippen LogP contribution in [0.1, 0.15) is 62.0 Å². The van der Waals surface area contributed by atoms with Gasteiger partial charge in [-0.2, -0.15) is 0 Å². The Balaban J connectivity index is 0.000000105. The Kier molecular flexibility index (Phi) is 19.0. The summed E-state index contributed by atoms with van der Waals surface area (Å²) < 4.78 is 41.5. The fourth-order valence-electron chi connectivity index (χ4n) is 15.6. The van der Waals surface area contributed by atoms with Crippen LogP contribution in [0.4, 0.5) is 0 Å². The fraction of sp³-hybridized carbons (Fsp3) is 0.167. The van der Waals surface area contributed by atoms with Crippen LogP contribution >= 0.6 is 0 Å². The highest BCUT2D eigenvalue weighted by molar-refractivity contribution is 6.14. The van der Waals surface area contributed by atoms with Crippen molar-refractivity contribution < 1.29 is 44.9 Å². The van der Waals surface area contributed by atoms with E-state index in [1.54, 1.807) is 6.20 Å². The van der Waals surface area contributed by atoms with Crippen molar-refractivity contribution in [2.75, 3.05) is 0 Å². The van der Waals surface area contributed by atoms with Gasteiger partial charge in [-0.3, -0.25) is 15.0 Å². The number of pyridine rings is 10. The van der Waals surface area contributed by atoms with Crippen molar-refractivity contribution in [1.82, 2.24) is 24.9 Å². The van der Waals surface area contributed by atoms with Gasteiger partial charge in [-0.25, -0.2) is 32.8 Å². The highest BCUT2D eigenvalue weighted by Crippen LogP contribution is 2.43. The van der Waals surface area contributed by atoms with Gasteiger partial charge in [0, 0.05) is 138 Å². The first-order valence-electron chi connectivity index (χ1n) is 37.4. The number of aryl methyl sites for hydroxylation is 16. The zero-order valence-corrected chi connectivity index (χ0v) is 65.5. The maximum absolute atomic E-state index is 6.20. The van der Waals surface area contributed by atoms with E-state index in [1.807, 2.05) is 134 Å². The predicted molar refractivity (Wildman–Crippen MR) is 443 cm³/mol. The summed E-state index contributed by atoms with van der Waals surface area (Å²) in [6, 6.07) is 66.5. The molecule has 0 saturated heterocycles. The number of furan rings is 5. The molecule has 0 radical (unpaired) electrons. The Hall–Kier alpha value is -13.4. The summed E-state index contributed by atoms with van der Waals surface area (Å²) in [6.45, 7) is 22.7. The number of nitrogens with zero attached hydrogens (tertiary/aromatic N) is 10. The van der Waals surface area contributed by atoms with E-state index in [9.17, 15) is 0 Å². The highest BCUT2D eigenvalue weighted by Gasteiger charge is 2.27. The van der Waals surface area contributed by atoms with Gasteiger partial charge in [0.05, 0.1) is 39.5 Å². The Morgan fingerprint density at radius 3 is 1.34 bits per heavy atom. The van der Waals surface area contributed by atoms with Crippen LogP contribution in [0.5, 0.6) is 0 Å². The molecule has 0 aliphatic rings. The van der Waals surface area contributed by atoms with Crippen LogP contribution in [-0.2, 0) is 35.2 Å². The number of para-hydroxylation sites is 1. The van der Waals surface area contributed by atoms with E-state index in [-0.39, 0.29) is 0 Å². The van der Waals surface area contributed by atoms with Crippen LogP contribution in [0, 0.1) is 76.2 Å². The molecule has 15 heteroatoms. The zero-order valence-electron chi connectivity index (χ0n) is 65.5. The monoisotopic (exact) mass is 1460 g/mol. The van der Waals surface area contributed by atoms with Gasteiger partial charge in [0.15, 0.2) is 58.9 Å². The number of hydrogen-bond donors (Lipinski definition) is 0. The molecule has 15 heterocycles. The van der Waals surface area contributed by atoms with Crippen molar-refractivity contribution >= 4 is 110 Å². The molecule has 15 nitrogen and oxygen atoms in total. The van der Waals surface area contributed by atoms with Crippen LogP contribution in [0.25, 0.3) is 166 Å². The third kappa shape index (κ3) is 13.2. The predicted octanol–water partition coefficient (Wildman–Crippen LogP) is 20.8. The van der Waals surface area contributed by atoms with Crippen molar-refractivity contribution in [1.29, 1.82) is 0 Å². The van der Waals surface area contributed by atoms with Gasteiger partial charge in [0.1, 0.15) is 68.7 Å². The van der Waals surface area contributed by atoms with Crippen LogP contribution in [-0.4, -0.2) is 24.9 Å². The molecule has 0 spiro atoms. The molecule has 0 atom stereocenters. The maximum atomic E-state index is 6.20. The average Bonchev–Trinajstić information content (AvgIpc) is 1.63. The SMILES string of the molecule is Cc1cc2c(cn1)oc1c(-c3cccc[n+]3C)c(C)ccc12.Cc1ccc(-c2c(C)ccc3c2oc2nc(C)ccc23)[n+](C)c1.Cc1ccc2c(oc3ccnc(C)c32)c1-c1cccc[n+]1C.Cc1ccc2oc3c(-c4cccc[n+]4C)c(C)ccc3c2n1.Cc1nc(C)c2c(oc3ccccc32)c1-c1cccc[n+]1C. The Morgan fingerprint density at radius 1 is 0.279 bits per heavy atom. The quantitative estimate of drug-likeness (QED) is 0.152. The molecule has 0 fully saturated rings. The summed E-state index contributed by atoms with van der Waals surface area (Å²) in [5.41, 5.74) is 33.1. The van der Waals surface area contributed by atoms with E-state index in [1.165, 1.54) is 27.8 Å². The summed E-state index contributed by atoms with van der Waals surface area (Å²) in [7, 11) is 10.3. The first kappa shape index (κ1) is 71.8. The highest BCUT2D eigenvalue weighted by atomic mass is 16.3. The largest absolute Gasteiger partial charge is 0.455 e. The van der Waals surface area contributed by atoms with Gasteiger partial charge in [-0.05, 0) is 177 Å². The normalized spacial score (nSPS) is 11.4. The number of aromatic nitrogens is 10. The van der Waals surface area contributed by atoms with Gasteiger partial charge in [-0.1, -0.05) is 60.7 Å². The van der Waals surface area contributed by atoms with Gasteiger partial charge in [0.2, 0.25) is 34.2 Å². The Morgan fingerprint density at radius 2 is 0.748 bits per heavy atom. The molecule has 0 bridgehead atoms.